The fourth-order valence-corrected chi connectivity index (χ4v) is 3.59. The highest BCUT2D eigenvalue weighted by Gasteiger charge is 2.27. The van der Waals surface area contributed by atoms with E-state index in [1.807, 2.05) is 19.1 Å². The average Bonchev–Trinajstić information content (AvgIpc) is 2.98. The largest absolute Gasteiger partial charge is 0.378 e. The molecular weight excluding hydrogens is 317 g/mol. The fourth-order valence-electron chi connectivity index (χ4n) is 3.59. The lowest BCUT2D eigenvalue weighted by Gasteiger charge is -2.24. The van der Waals surface area contributed by atoms with Crippen molar-refractivity contribution in [3.8, 4) is 0 Å². The van der Waals surface area contributed by atoms with Gasteiger partial charge < -0.3 is 9.53 Å². The van der Waals surface area contributed by atoms with Crippen molar-refractivity contribution in [3.63, 3.8) is 0 Å². The summed E-state index contributed by atoms with van der Waals surface area (Å²) in [5, 5.41) is 0. The Balaban J connectivity index is 1.60. The second-order valence-corrected chi connectivity index (χ2v) is 7.46. The molecule has 0 radical (unpaired) electrons. The zero-order valence-corrected chi connectivity index (χ0v) is 15.3. The van der Waals surface area contributed by atoms with Gasteiger partial charge in [-0.2, -0.15) is 0 Å². The molecule has 3 nitrogen and oxygen atoms in total. The summed E-state index contributed by atoms with van der Waals surface area (Å²) >= 11 is 0. The van der Waals surface area contributed by atoms with Crippen LogP contribution in [0.5, 0.6) is 0 Å². The summed E-state index contributed by atoms with van der Waals surface area (Å²) in [5.41, 5.74) is 4.99. The Morgan fingerprint density at radius 1 is 1.44 bits per heavy atom. The Morgan fingerprint density at radius 2 is 2.24 bits per heavy atom. The molecule has 0 saturated heterocycles. The number of aryl methyl sites for hydroxylation is 1. The highest BCUT2D eigenvalue weighted by Crippen LogP contribution is 2.36. The first-order valence-electron chi connectivity index (χ1n) is 9.08. The number of ketones is 1. The molecule has 3 rings (SSSR count). The lowest BCUT2D eigenvalue weighted by atomic mass is 9.92. The minimum atomic E-state index is -0.175. The van der Waals surface area contributed by atoms with Crippen LogP contribution >= 0.6 is 0 Å². The second-order valence-electron chi connectivity index (χ2n) is 7.46. The normalized spacial score (nSPS) is 21.1. The van der Waals surface area contributed by atoms with Crippen molar-refractivity contribution < 1.29 is 13.9 Å². The Labute approximate surface area is 149 Å². The maximum Gasteiger partial charge on any atom is 0.130 e. The zero-order valence-electron chi connectivity index (χ0n) is 15.3. The van der Waals surface area contributed by atoms with Gasteiger partial charge in [0.05, 0.1) is 11.8 Å². The van der Waals surface area contributed by atoms with E-state index in [0.717, 1.165) is 42.7 Å². The quantitative estimate of drug-likeness (QED) is 0.746. The number of ether oxygens (including phenoxy) is 1. The van der Waals surface area contributed by atoms with Crippen LogP contribution in [-0.4, -0.2) is 24.2 Å². The van der Waals surface area contributed by atoms with Crippen LogP contribution in [0.2, 0.25) is 0 Å². The molecule has 1 aliphatic heterocycles. The Morgan fingerprint density at radius 3 is 2.96 bits per heavy atom. The molecular formula is C21H26FNO2. The monoisotopic (exact) mass is 343 g/mol. The van der Waals surface area contributed by atoms with E-state index in [1.165, 1.54) is 5.57 Å². The number of rotatable bonds is 6. The summed E-state index contributed by atoms with van der Waals surface area (Å²) in [5.74, 6) is 0.289. The number of carbonyl (C=O) groups excluding carboxylic acids is 1. The van der Waals surface area contributed by atoms with Gasteiger partial charge in [-0.25, -0.2) is 4.39 Å². The van der Waals surface area contributed by atoms with Crippen LogP contribution in [0.25, 0.3) is 0 Å². The fraction of sp³-hybridized carbons (Fsp3) is 0.524. The van der Waals surface area contributed by atoms with Gasteiger partial charge >= 0.3 is 0 Å². The van der Waals surface area contributed by atoms with Gasteiger partial charge in [-0.3, -0.25) is 4.99 Å². The van der Waals surface area contributed by atoms with Gasteiger partial charge in [-0.05, 0) is 55.4 Å². The second kappa shape index (κ2) is 7.61. The standard InChI is InChI=1S/C21H26FNO2/c1-13(8-15(3)24)12-25-18-7-6-17-10-20(23-21(17)11-18)16-5-4-14(2)19(22)9-16/h4-5,9,13,18H,6-8,10-12H2,1-3H3. The Kier molecular flexibility index (Phi) is 5.48. The minimum absolute atomic E-state index is 0.172. The number of aliphatic imine (C=N–C) groups is 1. The molecule has 0 bridgehead atoms. The number of allylic oxidation sites excluding steroid dienone is 1. The molecule has 0 aromatic heterocycles. The van der Waals surface area contributed by atoms with Gasteiger partial charge in [0.15, 0.2) is 0 Å². The van der Waals surface area contributed by atoms with Crippen LogP contribution in [0, 0.1) is 18.7 Å². The zero-order chi connectivity index (χ0) is 18.0. The first kappa shape index (κ1) is 18.0. The molecule has 1 heterocycles. The van der Waals surface area contributed by atoms with E-state index in [9.17, 15) is 9.18 Å². The van der Waals surface area contributed by atoms with E-state index >= 15 is 0 Å². The van der Waals surface area contributed by atoms with E-state index < -0.39 is 0 Å². The smallest absolute Gasteiger partial charge is 0.130 e. The molecule has 25 heavy (non-hydrogen) atoms. The average molecular weight is 343 g/mol. The maximum absolute atomic E-state index is 13.8. The third-order valence-corrected chi connectivity index (χ3v) is 5.01. The lowest BCUT2D eigenvalue weighted by Crippen LogP contribution is -2.21. The number of hydrogen-bond acceptors (Lipinski definition) is 3. The van der Waals surface area contributed by atoms with Crippen LogP contribution in [0.15, 0.2) is 34.5 Å². The Bertz CT molecular complexity index is 735. The van der Waals surface area contributed by atoms with Crippen molar-refractivity contribution in [2.45, 2.75) is 59.0 Å². The molecule has 0 amide bonds. The van der Waals surface area contributed by atoms with Crippen LogP contribution in [0.1, 0.15) is 57.1 Å². The first-order chi connectivity index (χ1) is 11.9. The number of nitrogens with zero attached hydrogens (tertiary/aromatic N) is 1. The molecule has 134 valence electrons. The van der Waals surface area contributed by atoms with E-state index in [1.54, 1.807) is 19.9 Å². The molecule has 2 aliphatic rings. The van der Waals surface area contributed by atoms with Crippen molar-refractivity contribution >= 4 is 11.5 Å². The van der Waals surface area contributed by atoms with Gasteiger partial charge in [0.1, 0.15) is 11.6 Å². The molecule has 0 saturated carbocycles. The van der Waals surface area contributed by atoms with Crippen molar-refractivity contribution in [2.24, 2.45) is 10.9 Å². The van der Waals surface area contributed by atoms with E-state index in [4.69, 9.17) is 9.73 Å². The maximum atomic E-state index is 13.8. The number of carbonyl (C=O) groups is 1. The van der Waals surface area contributed by atoms with Gasteiger partial charge in [0.2, 0.25) is 0 Å². The van der Waals surface area contributed by atoms with Gasteiger partial charge in [0, 0.05) is 31.6 Å². The number of halogens is 1. The molecule has 2 unspecified atom stereocenters. The summed E-state index contributed by atoms with van der Waals surface area (Å²) in [7, 11) is 0. The summed E-state index contributed by atoms with van der Waals surface area (Å²) in [4.78, 5) is 15.9. The van der Waals surface area contributed by atoms with Gasteiger partial charge in [-0.1, -0.05) is 19.1 Å². The lowest BCUT2D eigenvalue weighted by molar-refractivity contribution is -0.118. The molecule has 0 fully saturated rings. The van der Waals surface area contributed by atoms with Gasteiger partial charge in [-0.15, -0.1) is 0 Å². The van der Waals surface area contributed by atoms with Crippen molar-refractivity contribution in [1.82, 2.24) is 0 Å². The first-order valence-corrected chi connectivity index (χ1v) is 9.08. The molecule has 2 atom stereocenters. The van der Waals surface area contributed by atoms with E-state index in [-0.39, 0.29) is 23.6 Å². The van der Waals surface area contributed by atoms with E-state index in [0.29, 0.717) is 18.6 Å². The molecule has 4 heteroatoms. The summed E-state index contributed by atoms with van der Waals surface area (Å²) in [6.45, 7) is 6.06. The van der Waals surface area contributed by atoms with Crippen molar-refractivity contribution in [1.29, 1.82) is 0 Å². The highest BCUT2D eigenvalue weighted by atomic mass is 19.1. The topological polar surface area (TPSA) is 38.7 Å². The molecule has 1 aliphatic carbocycles. The molecule has 0 N–H and O–H groups in total. The van der Waals surface area contributed by atoms with Crippen LogP contribution in [-0.2, 0) is 9.53 Å². The van der Waals surface area contributed by atoms with Crippen LogP contribution in [0.4, 0.5) is 4.39 Å². The van der Waals surface area contributed by atoms with Gasteiger partial charge in [0.25, 0.3) is 0 Å². The third-order valence-electron chi connectivity index (χ3n) is 5.01. The highest BCUT2D eigenvalue weighted by molar-refractivity contribution is 6.04. The third kappa shape index (κ3) is 4.43. The number of benzene rings is 1. The van der Waals surface area contributed by atoms with Crippen molar-refractivity contribution in [2.75, 3.05) is 6.61 Å². The molecule has 1 aromatic rings. The summed E-state index contributed by atoms with van der Waals surface area (Å²) in [6.07, 6.45) is 4.37. The SMILES string of the molecule is CC(=O)CC(C)COC1CCC2=C(C1)N=C(c1ccc(C)c(F)c1)C2. The van der Waals surface area contributed by atoms with Crippen LogP contribution < -0.4 is 0 Å². The van der Waals surface area contributed by atoms with Crippen molar-refractivity contribution in [3.05, 3.63) is 46.4 Å². The summed E-state index contributed by atoms with van der Waals surface area (Å²) < 4.78 is 19.8. The predicted molar refractivity (Wildman–Crippen MR) is 97.4 cm³/mol. The molecule has 1 aromatic carbocycles. The van der Waals surface area contributed by atoms with Crippen LogP contribution in [0.3, 0.4) is 0 Å². The summed E-state index contributed by atoms with van der Waals surface area (Å²) in [6, 6.07) is 5.35. The number of hydrogen-bond donors (Lipinski definition) is 0. The van der Waals surface area contributed by atoms with E-state index in [2.05, 4.69) is 0 Å². The Hall–Kier alpha value is -1.81. The number of Topliss-reactive ketones (excluding diaryl/α,β-unsaturated/α-hetero) is 1. The predicted octanol–water partition coefficient (Wildman–Crippen LogP) is 4.77. The minimum Gasteiger partial charge on any atom is -0.378 e. The molecule has 0 spiro atoms.